The summed E-state index contributed by atoms with van der Waals surface area (Å²) in [6, 6.07) is -1.93. The highest BCUT2D eigenvalue weighted by atomic mass is 32.1. The first-order valence-electron chi connectivity index (χ1n) is 13.2. The van der Waals surface area contributed by atoms with Crippen molar-refractivity contribution in [3.05, 3.63) is 34.0 Å². The normalized spacial score (nSPS) is 17.2. The fraction of sp³-hybridized carbons (Fsp3) is 0.538. The maximum Gasteiger partial charge on any atom is 0.419 e. The lowest BCUT2D eigenvalue weighted by Gasteiger charge is -2.37. The lowest BCUT2D eigenvalue weighted by atomic mass is 9.98. The number of anilines is 1. The van der Waals surface area contributed by atoms with Crippen LogP contribution in [-0.4, -0.2) is 83.8 Å². The maximum absolute atomic E-state index is 13.5. The van der Waals surface area contributed by atoms with E-state index in [1.807, 2.05) is 0 Å². The number of carbonyl (C=O) groups excluding carboxylic acids is 4. The molecule has 1 aliphatic rings. The molecule has 240 valence electrons. The Kier molecular flexibility index (Phi) is 9.57. The molecule has 0 spiro atoms. The molecule has 2 atom stereocenters. The number of oxime groups is 1. The zero-order chi connectivity index (χ0) is 33.2. The van der Waals surface area contributed by atoms with Crippen LogP contribution in [0.4, 0.5) is 14.7 Å². The zero-order valence-corrected chi connectivity index (χ0v) is 26.2. The summed E-state index contributed by atoms with van der Waals surface area (Å²) in [5.41, 5.74) is -4.62. The van der Waals surface area contributed by atoms with Crippen molar-refractivity contribution < 1.29 is 43.4 Å². The molecule has 2 aromatic heterocycles. The summed E-state index contributed by atoms with van der Waals surface area (Å²) in [6.45, 7) is 12.7. The number of aromatic nitrogens is 3. The molecule has 18 heteroatoms. The van der Waals surface area contributed by atoms with E-state index in [4.69, 9.17) is 19.4 Å². The number of nitrogens with one attached hydrogen (secondary N) is 3. The number of rotatable bonds is 9. The summed E-state index contributed by atoms with van der Waals surface area (Å²) in [4.78, 5) is 83.9. The lowest BCUT2D eigenvalue weighted by Crippen LogP contribution is -2.71. The van der Waals surface area contributed by atoms with Crippen molar-refractivity contribution in [3.8, 4) is 0 Å². The van der Waals surface area contributed by atoms with Crippen LogP contribution in [0.5, 0.6) is 0 Å². The van der Waals surface area contributed by atoms with Crippen molar-refractivity contribution in [1.82, 2.24) is 24.8 Å². The number of amides is 3. The van der Waals surface area contributed by atoms with E-state index >= 15 is 0 Å². The van der Waals surface area contributed by atoms with Crippen LogP contribution >= 0.6 is 11.3 Å². The van der Waals surface area contributed by atoms with Gasteiger partial charge in [-0.05, 0) is 55.4 Å². The van der Waals surface area contributed by atoms with Gasteiger partial charge in [-0.3, -0.25) is 19.5 Å². The fourth-order valence-corrected chi connectivity index (χ4v) is 4.19. The van der Waals surface area contributed by atoms with E-state index in [0.29, 0.717) is 4.57 Å². The average Bonchev–Trinajstić information content (AvgIpc) is 3.46. The van der Waals surface area contributed by atoms with Gasteiger partial charge in [-0.2, -0.15) is 0 Å². The van der Waals surface area contributed by atoms with E-state index in [0.717, 1.165) is 22.1 Å². The van der Waals surface area contributed by atoms with E-state index in [1.54, 1.807) is 41.5 Å². The third-order valence-corrected chi connectivity index (χ3v) is 6.33. The first kappa shape index (κ1) is 33.8. The Labute approximate surface area is 255 Å². The van der Waals surface area contributed by atoms with Gasteiger partial charge in [0, 0.05) is 24.3 Å². The minimum atomic E-state index is -1.65. The second-order valence-electron chi connectivity index (χ2n) is 12.2. The number of nitrogens with zero attached hydrogens (tertiary/aromatic N) is 4. The van der Waals surface area contributed by atoms with Crippen molar-refractivity contribution in [3.63, 3.8) is 0 Å². The standard InChI is InChI=1S/C26H35N7O10S/c1-24(2,3)41-19(36)26(7,8)43-31-16(14-12-44-20(28-14)30-21(37)42-25(4,5)6)18(35)29-15-13(27-17(15)34)11-32-9-10-33(22(32)38)23(39)40/h9-10,12-13,15H,11H2,1-8H3,(H,27,34)(H,29,35)(H,39,40)(H,28,30,37)/t13-,15+/m1/s1. The van der Waals surface area contributed by atoms with Gasteiger partial charge in [0.1, 0.15) is 22.9 Å². The number of hydrogen-bond acceptors (Lipinski definition) is 12. The predicted molar refractivity (Wildman–Crippen MR) is 155 cm³/mol. The van der Waals surface area contributed by atoms with E-state index in [-0.39, 0.29) is 17.4 Å². The molecular weight excluding hydrogens is 602 g/mol. The van der Waals surface area contributed by atoms with Gasteiger partial charge in [0.05, 0.1) is 6.04 Å². The molecule has 0 aliphatic carbocycles. The molecule has 1 saturated heterocycles. The highest BCUT2D eigenvalue weighted by Gasteiger charge is 2.42. The third-order valence-electron chi connectivity index (χ3n) is 5.57. The number of esters is 1. The molecule has 3 rings (SSSR count). The number of ether oxygens (including phenoxy) is 2. The van der Waals surface area contributed by atoms with Crippen molar-refractivity contribution in [1.29, 1.82) is 0 Å². The van der Waals surface area contributed by atoms with Gasteiger partial charge < -0.3 is 30.1 Å². The molecule has 0 aromatic carbocycles. The number of hydrogen-bond donors (Lipinski definition) is 4. The van der Waals surface area contributed by atoms with Crippen molar-refractivity contribution in [2.75, 3.05) is 5.32 Å². The molecule has 0 saturated carbocycles. The zero-order valence-electron chi connectivity index (χ0n) is 25.4. The monoisotopic (exact) mass is 637 g/mol. The molecule has 1 aliphatic heterocycles. The van der Waals surface area contributed by atoms with Gasteiger partial charge in [-0.25, -0.2) is 28.7 Å². The molecule has 2 aromatic rings. The predicted octanol–water partition coefficient (Wildman–Crippen LogP) is 1.50. The van der Waals surface area contributed by atoms with Gasteiger partial charge in [0.2, 0.25) is 11.5 Å². The van der Waals surface area contributed by atoms with Gasteiger partial charge in [0.15, 0.2) is 10.8 Å². The quantitative estimate of drug-likeness (QED) is 0.133. The molecule has 1 fully saturated rings. The highest BCUT2D eigenvalue weighted by Crippen LogP contribution is 2.21. The largest absolute Gasteiger partial charge is 0.464 e. The van der Waals surface area contributed by atoms with Crippen LogP contribution in [0.2, 0.25) is 0 Å². The van der Waals surface area contributed by atoms with Crippen LogP contribution in [0, 0.1) is 0 Å². The number of carboxylic acid groups (broad SMARTS) is 1. The SMILES string of the molecule is CC(C)(C)OC(=O)Nc1nc(C(=NOC(C)(C)C(=O)OC(C)(C)C)C(=O)N[C@@H]2C(=O)N[C@@H]2Cn2ccn(C(=O)O)c2=O)cs1. The minimum absolute atomic E-state index is 0.0581. The summed E-state index contributed by atoms with van der Waals surface area (Å²) < 4.78 is 12.1. The minimum Gasteiger partial charge on any atom is -0.464 e. The summed E-state index contributed by atoms with van der Waals surface area (Å²) in [5, 5.41) is 22.0. The number of β-lactam (4-membered cyclic amide) rings is 1. The summed E-state index contributed by atoms with van der Waals surface area (Å²) in [7, 11) is 0. The lowest BCUT2D eigenvalue weighted by molar-refractivity contribution is -0.179. The second kappa shape index (κ2) is 12.5. The van der Waals surface area contributed by atoms with Crippen molar-refractivity contribution in [2.24, 2.45) is 5.16 Å². The van der Waals surface area contributed by atoms with Gasteiger partial charge in [0.25, 0.3) is 5.91 Å². The second-order valence-corrected chi connectivity index (χ2v) is 13.0. The molecule has 4 N–H and O–H groups in total. The summed E-state index contributed by atoms with van der Waals surface area (Å²) in [5.74, 6) is -2.27. The van der Waals surface area contributed by atoms with E-state index in [9.17, 15) is 28.8 Å². The van der Waals surface area contributed by atoms with Crippen LogP contribution in [0.3, 0.4) is 0 Å². The van der Waals surface area contributed by atoms with Crippen LogP contribution in [0.15, 0.2) is 27.7 Å². The fourth-order valence-electron chi connectivity index (χ4n) is 3.51. The Bertz CT molecular complexity index is 1540. The van der Waals surface area contributed by atoms with Gasteiger partial charge in [-0.15, -0.1) is 11.3 Å². The Morgan fingerprint density at radius 1 is 1.05 bits per heavy atom. The van der Waals surface area contributed by atoms with Crippen LogP contribution in [0.25, 0.3) is 0 Å². The third kappa shape index (κ3) is 8.65. The van der Waals surface area contributed by atoms with E-state index in [2.05, 4.69) is 26.1 Å². The Morgan fingerprint density at radius 2 is 1.68 bits per heavy atom. The van der Waals surface area contributed by atoms with Gasteiger partial charge in [-0.1, -0.05) is 5.16 Å². The number of thiazole rings is 1. The average molecular weight is 638 g/mol. The highest BCUT2D eigenvalue weighted by molar-refractivity contribution is 7.14. The summed E-state index contributed by atoms with van der Waals surface area (Å²) in [6.07, 6.45) is 0.0198. The van der Waals surface area contributed by atoms with Crippen LogP contribution < -0.4 is 21.6 Å². The first-order chi connectivity index (χ1) is 20.2. The molecule has 17 nitrogen and oxygen atoms in total. The van der Waals surface area contributed by atoms with E-state index < -0.39 is 70.3 Å². The van der Waals surface area contributed by atoms with Crippen LogP contribution in [-0.2, 0) is 35.2 Å². The molecule has 0 bridgehead atoms. The molecule has 0 unspecified atom stereocenters. The Morgan fingerprint density at radius 3 is 2.23 bits per heavy atom. The van der Waals surface area contributed by atoms with E-state index in [1.165, 1.54) is 25.4 Å². The smallest absolute Gasteiger partial charge is 0.419 e. The molecule has 3 amide bonds. The topological polar surface area (TPSA) is 222 Å². The first-order valence-corrected chi connectivity index (χ1v) is 14.1. The molecule has 0 radical (unpaired) electrons. The molecule has 3 heterocycles. The molecule has 44 heavy (non-hydrogen) atoms. The van der Waals surface area contributed by atoms with Crippen molar-refractivity contribution >= 4 is 52.2 Å². The van der Waals surface area contributed by atoms with Crippen molar-refractivity contribution in [2.45, 2.75) is 90.8 Å². The van der Waals surface area contributed by atoms with Crippen LogP contribution in [0.1, 0.15) is 61.1 Å². The number of imidazole rings is 1. The van der Waals surface area contributed by atoms with Gasteiger partial charge >= 0.3 is 23.8 Å². The summed E-state index contributed by atoms with van der Waals surface area (Å²) >= 11 is 0.946. The maximum atomic E-state index is 13.5. The number of carbonyl (C=O) groups is 5. The Balaban J connectivity index is 1.86. The Hall–Kier alpha value is -4.74. The molecular formula is C26H35N7O10S.